The molecule has 2 heteroatoms. The second-order valence-electron chi connectivity index (χ2n) is 4.10. The van der Waals surface area contributed by atoms with Crippen LogP contribution in [-0.2, 0) is 9.59 Å². The monoisotopic (exact) mass is 192 g/mol. The normalized spacial score (nSPS) is 18.7. The SMILES string of the molecule is CC1=C(C)C(=O)C(C(C)C)=C(C)C1=O. The molecule has 76 valence electrons. The molecule has 0 N–H and O–H groups in total. The van der Waals surface area contributed by atoms with Crippen molar-refractivity contribution in [2.45, 2.75) is 34.6 Å². The third-order valence-electron chi connectivity index (χ3n) is 2.81. The Morgan fingerprint density at radius 2 is 1.21 bits per heavy atom. The van der Waals surface area contributed by atoms with E-state index in [1.54, 1.807) is 20.8 Å². The van der Waals surface area contributed by atoms with E-state index in [-0.39, 0.29) is 17.5 Å². The zero-order chi connectivity index (χ0) is 11.0. The molecule has 0 aromatic carbocycles. The molecular formula is C12H16O2. The summed E-state index contributed by atoms with van der Waals surface area (Å²) in [5, 5.41) is 0. The molecule has 1 rings (SSSR count). The van der Waals surface area contributed by atoms with Gasteiger partial charge in [-0.2, -0.15) is 0 Å². The maximum atomic E-state index is 11.9. The highest BCUT2D eigenvalue weighted by Crippen LogP contribution is 2.28. The average molecular weight is 192 g/mol. The van der Waals surface area contributed by atoms with Gasteiger partial charge in [-0.3, -0.25) is 9.59 Å². The standard InChI is InChI=1S/C12H16O2/c1-6(2)10-9(5)11(13)7(3)8(4)12(10)14/h6H,1-5H3. The number of allylic oxidation sites excluding steroid dienone is 4. The maximum Gasteiger partial charge on any atom is 0.185 e. The second-order valence-corrected chi connectivity index (χ2v) is 4.10. The number of carbonyl (C=O) groups excluding carboxylic acids is 2. The molecule has 0 saturated heterocycles. The van der Waals surface area contributed by atoms with Crippen LogP contribution >= 0.6 is 0 Å². The van der Waals surface area contributed by atoms with Gasteiger partial charge in [-0.1, -0.05) is 13.8 Å². The molecule has 0 radical (unpaired) electrons. The van der Waals surface area contributed by atoms with E-state index in [9.17, 15) is 9.59 Å². The van der Waals surface area contributed by atoms with E-state index in [2.05, 4.69) is 0 Å². The van der Waals surface area contributed by atoms with Crippen molar-refractivity contribution in [2.75, 3.05) is 0 Å². The zero-order valence-electron chi connectivity index (χ0n) is 9.39. The van der Waals surface area contributed by atoms with Crippen LogP contribution < -0.4 is 0 Å². The van der Waals surface area contributed by atoms with Crippen molar-refractivity contribution in [3.05, 3.63) is 22.3 Å². The van der Waals surface area contributed by atoms with Crippen molar-refractivity contribution in [3.8, 4) is 0 Å². The predicted molar refractivity (Wildman–Crippen MR) is 55.9 cm³/mol. The molecule has 0 aliphatic heterocycles. The van der Waals surface area contributed by atoms with Gasteiger partial charge < -0.3 is 0 Å². The quantitative estimate of drug-likeness (QED) is 0.598. The van der Waals surface area contributed by atoms with E-state index in [1.165, 1.54) is 0 Å². The minimum absolute atomic E-state index is 0.0193. The highest BCUT2D eigenvalue weighted by Gasteiger charge is 2.28. The Labute approximate surface area is 84.7 Å². The molecule has 0 atom stereocenters. The second kappa shape index (κ2) is 3.52. The Balaban J connectivity index is 3.34. The van der Waals surface area contributed by atoms with Crippen molar-refractivity contribution in [1.29, 1.82) is 0 Å². The third-order valence-corrected chi connectivity index (χ3v) is 2.81. The highest BCUT2D eigenvalue weighted by atomic mass is 16.1. The molecule has 14 heavy (non-hydrogen) atoms. The first kappa shape index (κ1) is 10.9. The van der Waals surface area contributed by atoms with Gasteiger partial charge >= 0.3 is 0 Å². The molecule has 0 aromatic rings. The van der Waals surface area contributed by atoms with Crippen LogP contribution in [0.3, 0.4) is 0 Å². The summed E-state index contributed by atoms with van der Waals surface area (Å²) in [6, 6.07) is 0. The van der Waals surface area contributed by atoms with Gasteiger partial charge in [0, 0.05) is 22.3 Å². The third kappa shape index (κ3) is 1.45. The van der Waals surface area contributed by atoms with Crippen LogP contribution in [0.15, 0.2) is 22.3 Å². The maximum absolute atomic E-state index is 11.9. The van der Waals surface area contributed by atoms with E-state index in [4.69, 9.17) is 0 Å². The van der Waals surface area contributed by atoms with Gasteiger partial charge in [-0.05, 0) is 26.7 Å². The van der Waals surface area contributed by atoms with Crippen LogP contribution in [0.2, 0.25) is 0 Å². The zero-order valence-corrected chi connectivity index (χ0v) is 9.39. The van der Waals surface area contributed by atoms with Crippen LogP contribution in [0.1, 0.15) is 34.6 Å². The molecule has 0 heterocycles. The fourth-order valence-corrected chi connectivity index (χ4v) is 1.81. The lowest BCUT2D eigenvalue weighted by Gasteiger charge is -2.20. The van der Waals surface area contributed by atoms with Gasteiger partial charge in [-0.25, -0.2) is 0 Å². The van der Waals surface area contributed by atoms with Crippen LogP contribution in [0, 0.1) is 5.92 Å². The number of Topliss-reactive ketones (excluding diaryl/α,β-unsaturated/α-hetero) is 2. The Morgan fingerprint density at radius 3 is 1.64 bits per heavy atom. The molecule has 0 fully saturated rings. The minimum atomic E-state index is 0.0193. The van der Waals surface area contributed by atoms with E-state index in [1.807, 2.05) is 13.8 Å². The molecule has 1 aliphatic carbocycles. The fraction of sp³-hybridized carbons (Fsp3) is 0.500. The van der Waals surface area contributed by atoms with Crippen LogP contribution in [-0.4, -0.2) is 11.6 Å². The first-order chi connectivity index (χ1) is 6.37. The smallest absolute Gasteiger partial charge is 0.185 e. The minimum Gasteiger partial charge on any atom is -0.289 e. The van der Waals surface area contributed by atoms with Gasteiger partial charge in [0.15, 0.2) is 11.6 Å². The topological polar surface area (TPSA) is 34.1 Å². The molecular weight excluding hydrogens is 176 g/mol. The first-order valence-corrected chi connectivity index (χ1v) is 4.85. The largest absolute Gasteiger partial charge is 0.289 e. The van der Waals surface area contributed by atoms with Crippen LogP contribution in [0.25, 0.3) is 0 Å². The molecule has 1 aliphatic rings. The van der Waals surface area contributed by atoms with Crippen molar-refractivity contribution in [1.82, 2.24) is 0 Å². The van der Waals surface area contributed by atoms with E-state index in [0.717, 1.165) is 0 Å². The summed E-state index contributed by atoms with van der Waals surface area (Å²) in [7, 11) is 0. The van der Waals surface area contributed by atoms with Gasteiger partial charge in [0.2, 0.25) is 0 Å². The van der Waals surface area contributed by atoms with Gasteiger partial charge in [0.1, 0.15) is 0 Å². The Morgan fingerprint density at radius 1 is 0.786 bits per heavy atom. The van der Waals surface area contributed by atoms with E-state index in [0.29, 0.717) is 22.3 Å². The van der Waals surface area contributed by atoms with Crippen molar-refractivity contribution in [2.24, 2.45) is 5.92 Å². The van der Waals surface area contributed by atoms with Crippen molar-refractivity contribution in [3.63, 3.8) is 0 Å². The lowest BCUT2D eigenvalue weighted by atomic mass is 9.81. The number of rotatable bonds is 1. The Kier molecular flexibility index (Phi) is 2.74. The van der Waals surface area contributed by atoms with E-state index >= 15 is 0 Å². The summed E-state index contributed by atoms with van der Waals surface area (Å²) >= 11 is 0. The molecule has 0 bridgehead atoms. The lowest BCUT2D eigenvalue weighted by molar-refractivity contribution is -0.116. The van der Waals surface area contributed by atoms with Gasteiger partial charge in [-0.15, -0.1) is 0 Å². The summed E-state index contributed by atoms with van der Waals surface area (Å²) in [4.78, 5) is 23.6. The Hall–Kier alpha value is -1.18. The lowest BCUT2D eigenvalue weighted by Crippen LogP contribution is -2.23. The van der Waals surface area contributed by atoms with Crippen LogP contribution in [0.5, 0.6) is 0 Å². The summed E-state index contributed by atoms with van der Waals surface area (Å²) in [6.45, 7) is 9.07. The number of hydrogen-bond acceptors (Lipinski definition) is 2. The van der Waals surface area contributed by atoms with E-state index < -0.39 is 0 Å². The molecule has 0 spiro atoms. The summed E-state index contributed by atoms with van der Waals surface area (Å²) in [5.41, 5.74) is 2.49. The predicted octanol–water partition coefficient (Wildman–Crippen LogP) is 2.45. The molecule has 0 unspecified atom stereocenters. The van der Waals surface area contributed by atoms with Crippen molar-refractivity contribution >= 4 is 11.6 Å². The highest BCUT2D eigenvalue weighted by molar-refractivity contribution is 6.24. The summed E-state index contributed by atoms with van der Waals surface area (Å²) < 4.78 is 0. The average Bonchev–Trinajstić information content (AvgIpc) is 2.11. The van der Waals surface area contributed by atoms with Crippen molar-refractivity contribution < 1.29 is 9.59 Å². The molecule has 0 aromatic heterocycles. The molecule has 2 nitrogen and oxygen atoms in total. The van der Waals surface area contributed by atoms with Crippen LogP contribution in [0.4, 0.5) is 0 Å². The van der Waals surface area contributed by atoms with Gasteiger partial charge in [0.05, 0.1) is 0 Å². The Bertz CT molecular complexity index is 368. The number of ketones is 2. The number of hydrogen-bond donors (Lipinski definition) is 0. The molecule has 0 saturated carbocycles. The first-order valence-electron chi connectivity index (χ1n) is 4.85. The molecule has 0 amide bonds. The summed E-state index contributed by atoms with van der Waals surface area (Å²) in [6.07, 6.45) is 0. The van der Waals surface area contributed by atoms with Gasteiger partial charge in [0.25, 0.3) is 0 Å². The number of carbonyl (C=O) groups is 2. The fourth-order valence-electron chi connectivity index (χ4n) is 1.81. The summed E-state index contributed by atoms with van der Waals surface area (Å²) in [5.74, 6) is 0.176.